The van der Waals surface area contributed by atoms with Gasteiger partial charge in [0.15, 0.2) is 0 Å². The molecule has 0 bridgehead atoms. The van der Waals surface area contributed by atoms with Crippen molar-refractivity contribution in [2.75, 3.05) is 7.11 Å². The van der Waals surface area contributed by atoms with Gasteiger partial charge in [0.05, 0.1) is 6.61 Å². The molecule has 0 aromatic carbocycles. The number of alkyl halides is 3. The van der Waals surface area contributed by atoms with Gasteiger partial charge in [0.25, 0.3) is 0 Å². The lowest BCUT2D eigenvalue weighted by Gasteiger charge is -1.97. The molecule has 0 aliphatic rings. The molecule has 0 N–H and O–H groups in total. The van der Waals surface area contributed by atoms with Crippen molar-refractivity contribution in [3.05, 3.63) is 17.5 Å². The average molecular weight is 211 g/mol. The summed E-state index contributed by atoms with van der Waals surface area (Å²) in [4.78, 5) is 0. The van der Waals surface area contributed by atoms with E-state index in [-0.39, 0.29) is 12.3 Å². The fourth-order valence-corrected chi connectivity index (χ4v) is 0.661. The molecule has 0 fully saturated rings. The molecule has 82 valence electrons. The van der Waals surface area contributed by atoms with Gasteiger partial charge in [-0.2, -0.15) is 13.2 Å². The van der Waals surface area contributed by atoms with E-state index in [0.29, 0.717) is 0 Å². The molecular formula is C8H12F3NO2. The largest absolute Gasteiger partial charge is 0.452 e. The van der Waals surface area contributed by atoms with E-state index in [1.807, 2.05) is 13.8 Å². The van der Waals surface area contributed by atoms with Crippen LogP contribution in [0.5, 0.6) is 0 Å². The molecule has 0 unspecified atom stereocenters. The SMILES string of the molecule is CC.COCc1cc(C(F)(F)F)on1. The first-order valence-electron chi connectivity index (χ1n) is 4.06. The molecule has 0 spiro atoms. The number of nitrogens with zero attached hydrogens (tertiary/aromatic N) is 1. The van der Waals surface area contributed by atoms with Gasteiger partial charge in [0, 0.05) is 13.2 Å². The smallest absolute Gasteiger partial charge is 0.378 e. The molecule has 0 atom stereocenters. The van der Waals surface area contributed by atoms with Gasteiger partial charge in [-0.25, -0.2) is 0 Å². The van der Waals surface area contributed by atoms with Crippen molar-refractivity contribution in [1.82, 2.24) is 5.16 Å². The minimum Gasteiger partial charge on any atom is -0.378 e. The minimum atomic E-state index is -4.47. The summed E-state index contributed by atoms with van der Waals surface area (Å²) in [6.45, 7) is 4.01. The van der Waals surface area contributed by atoms with Gasteiger partial charge in [-0.05, 0) is 0 Å². The zero-order chi connectivity index (χ0) is 11.2. The van der Waals surface area contributed by atoms with E-state index in [4.69, 9.17) is 0 Å². The highest BCUT2D eigenvalue weighted by Crippen LogP contribution is 2.29. The molecular weight excluding hydrogens is 199 g/mol. The first-order valence-corrected chi connectivity index (χ1v) is 4.06. The van der Waals surface area contributed by atoms with Crippen LogP contribution in [0.15, 0.2) is 10.6 Å². The first-order chi connectivity index (χ1) is 6.54. The van der Waals surface area contributed by atoms with Crippen LogP contribution in [0.1, 0.15) is 25.3 Å². The van der Waals surface area contributed by atoms with Crippen LogP contribution in [-0.4, -0.2) is 12.3 Å². The van der Waals surface area contributed by atoms with E-state index < -0.39 is 11.9 Å². The van der Waals surface area contributed by atoms with Gasteiger partial charge in [-0.15, -0.1) is 0 Å². The second-order valence-corrected chi connectivity index (χ2v) is 2.11. The Labute approximate surface area is 79.8 Å². The van der Waals surface area contributed by atoms with Crippen LogP contribution in [0, 0.1) is 0 Å². The zero-order valence-electron chi connectivity index (χ0n) is 8.18. The Morgan fingerprint density at radius 3 is 2.36 bits per heavy atom. The predicted molar refractivity (Wildman–Crippen MR) is 43.6 cm³/mol. The van der Waals surface area contributed by atoms with Crippen LogP contribution in [-0.2, 0) is 17.5 Å². The van der Waals surface area contributed by atoms with Crippen LogP contribution < -0.4 is 0 Å². The van der Waals surface area contributed by atoms with E-state index in [0.717, 1.165) is 6.07 Å². The van der Waals surface area contributed by atoms with Crippen molar-refractivity contribution in [2.45, 2.75) is 26.6 Å². The minimum absolute atomic E-state index is 0.0135. The van der Waals surface area contributed by atoms with Crippen molar-refractivity contribution in [3.8, 4) is 0 Å². The number of rotatable bonds is 2. The third-order valence-corrected chi connectivity index (χ3v) is 1.13. The molecule has 0 amide bonds. The lowest BCUT2D eigenvalue weighted by molar-refractivity contribution is -0.155. The summed E-state index contributed by atoms with van der Waals surface area (Å²) in [6, 6.07) is 0.809. The highest BCUT2D eigenvalue weighted by molar-refractivity contribution is 5.07. The molecule has 0 aliphatic carbocycles. The van der Waals surface area contributed by atoms with Crippen LogP contribution in [0.4, 0.5) is 13.2 Å². The van der Waals surface area contributed by atoms with Gasteiger partial charge in [0.1, 0.15) is 5.69 Å². The van der Waals surface area contributed by atoms with Crippen LogP contribution in [0.3, 0.4) is 0 Å². The summed E-state index contributed by atoms with van der Waals surface area (Å²) < 4.78 is 44.2. The number of hydrogen-bond acceptors (Lipinski definition) is 3. The zero-order valence-corrected chi connectivity index (χ0v) is 8.18. The normalized spacial score (nSPS) is 10.7. The molecule has 3 nitrogen and oxygen atoms in total. The van der Waals surface area contributed by atoms with E-state index >= 15 is 0 Å². The Bertz CT molecular complexity index is 257. The van der Waals surface area contributed by atoms with Gasteiger partial charge < -0.3 is 9.26 Å². The van der Waals surface area contributed by atoms with E-state index in [1.165, 1.54) is 7.11 Å². The quantitative estimate of drug-likeness (QED) is 0.754. The maximum absolute atomic E-state index is 11.9. The number of ether oxygens (including phenoxy) is 1. The molecule has 0 radical (unpaired) electrons. The van der Waals surface area contributed by atoms with Gasteiger partial charge in [-0.1, -0.05) is 19.0 Å². The molecule has 1 aromatic rings. The van der Waals surface area contributed by atoms with Gasteiger partial charge in [0.2, 0.25) is 5.76 Å². The molecule has 0 aliphatic heterocycles. The van der Waals surface area contributed by atoms with Gasteiger partial charge in [-0.3, -0.25) is 0 Å². The van der Waals surface area contributed by atoms with Crippen molar-refractivity contribution in [3.63, 3.8) is 0 Å². The summed E-state index contributed by atoms with van der Waals surface area (Å²) >= 11 is 0. The number of halogens is 3. The van der Waals surface area contributed by atoms with Crippen molar-refractivity contribution >= 4 is 0 Å². The maximum atomic E-state index is 11.9. The predicted octanol–water partition coefficient (Wildman–Crippen LogP) is 2.87. The third kappa shape index (κ3) is 3.78. The summed E-state index contributed by atoms with van der Waals surface area (Å²) in [5.41, 5.74) is 0.129. The lowest BCUT2D eigenvalue weighted by atomic mass is 10.4. The maximum Gasteiger partial charge on any atom is 0.452 e. The van der Waals surface area contributed by atoms with Crippen LogP contribution >= 0.6 is 0 Å². The monoisotopic (exact) mass is 211 g/mol. The lowest BCUT2D eigenvalue weighted by Crippen LogP contribution is -2.02. The summed E-state index contributed by atoms with van der Waals surface area (Å²) in [7, 11) is 1.36. The highest BCUT2D eigenvalue weighted by atomic mass is 19.4. The molecule has 1 heterocycles. The van der Waals surface area contributed by atoms with Crippen LogP contribution in [0.2, 0.25) is 0 Å². The Hall–Kier alpha value is -1.04. The Kier molecular flexibility index (Phi) is 5.22. The van der Waals surface area contributed by atoms with Crippen molar-refractivity contribution in [1.29, 1.82) is 0 Å². The summed E-state index contributed by atoms with van der Waals surface area (Å²) in [6.07, 6.45) is -4.47. The number of aromatic nitrogens is 1. The van der Waals surface area contributed by atoms with Crippen LogP contribution in [0.25, 0.3) is 0 Å². The number of hydrogen-bond donors (Lipinski definition) is 0. The first kappa shape index (κ1) is 13.0. The Morgan fingerprint density at radius 1 is 1.43 bits per heavy atom. The Morgan fingerprint density at radius 2 is 2.00 bits per heavy atom. The molecule has 14 heavy (non-hydrogen) atoms. The fourth-order valence-electron chi connectivity index (χ4n) is 0.661. The van der Waals surface area contributed by atoms with E-state index in [9.17, 15) is 13.2 Å². The standard InChI is InChI=1S/C6H6F3NO2.C2H6/c1-11-3-4-2-5(12-10-4)6(7,8)9;1-2/h2H,3H2,1H3;1-2H3. The average Bonchev–Trinajstić information content (AvgIpc) is 2.56. The molecule has 1 aromatic heterocycles. The summed E-state index contributed by atoms with van der Waals surface area (Å²) in [5.74, 6) is -1.10. The highest BCUT2D eigenvalue weighted by Gasteiger charge is 2.35. The second-order valence-electron chi connectivity index (χ2n) is 2.11. The summed E-state index contributed by atoms with van der Waals surface area (Å²) in [5, 5.41) is 3.15. The van der Waals surface area contributed by atoms with E-state index in [1.54, 1.807) is 0 Å². The Balaban J connectivity index is 0.000000791. The van der Waals surface area contributed by atoms with Crippen molar-refractivity contribution in [2.24, 2.45) is 0 Å². The van der Waals surface area contributed by atoms with Crippen molar-refractivity contribution < 1.29 is 22.4 Å². The topological polar surface area (TPSA) is 35.3 Å². The third-order valence-electron chi connectivity index (χ3n) is 1.13. The molecule has 1 rings (SSSR count). The fraction of sp³-hybridized carbons (Fsp3) is 0.625. The van der Waals surface area contributed by atoms with E-state index in [2.05, 4.69) is 14.4 Å². The molecule has 0 saturated heterocycles. The molecule has 6 heteroatoms. The molecule has 0 saturated carbocycles. The number of methoxy groups -OCH3 is 1. The van der Waals surface area contributed by atoms with Gasteiger partial charge >= 0.3 is 6.18 Å². The second kappa shape index (κ2) is 5.64.